The number of rotatable bonds is 6. The van der Waals surface area contributed by atoms with Crippen LogP contribution in [0.15, 0.2) is 44.6 Å². The van der Waals surface area contributed by atoms with E-state index in [1.54, 1.807) is 24.6 Å². The maximum Gasteiger partial charge on any atom is 0.165 e. The van der Waals surface area contributed by atoms with E-state index in [1.807, 2.05) is 29.6 Å². The number of nitrogens with two attached hydrogens (primary N) is 1. The molecule has 8 heteroatoms. The van der Waals surface area contributed by atoms with Gasteiger partial charge in [0.25, 0.3) is 0 Å². The molecule has 1 unspecified atom stereocenters. The molecular formula is C18H24N6S2. The predicted molar refractivity (Wildman–Crippen MR) is 111 cm³/mol. The maximum atomic E-state index is 6.33. The van der Waals surface area contributed by atoms with Crippen molar-refractivity contribution in [2.75, 3.05) is 20.1 Å². The van der Waals surface area contributed by atoms with Gasteiger partial charge in [-0.05, 0) is 18.9 Å². The van der Waals surface area contributed by atoms with Crippen LogP contribution in [0.3, 0.4) is 0 Å². The van der Waals surface area contributed by atoms with E-state index < -0.39 is 0 Å². The van der Waals surface area contributed by atoms with Gasteiger partial charge in [0.2, 0.25) is 0 Å². The summed E-state index contributed by atoms with van der Waals surface area (Å²) in [7, 11) is 1.75. The number of allylic oxidation sites excluding steroid dienone is 1. The molecule has 0 spiro atoms. The molecule has 4 rings (SSSR count). The summed E-state index contributed by atoms with van der Waals surface area (Å²) in [6.07, 6.45) is 10.5. The number of aromatic nitrogens is 1. The monoisotopic (exact) mass is 388 g/mol. The summed E-state index contributed by atoms with van der Waals surface area (Å²) < 4.78 is 3.69. The fourth-order valence-electron chi connectivity index (χ4n) is 3.36. The van der Waals surface area contributed by atoms with Gasteiger partial charge in [-0.25, -0.2) is 4.98 Å². The van der Waals surface area contributed by atoms with Crippen LogP contribution in [0.1, 0.15) is 30.7 Å². The Labute approximate surface area is 162 Å². The van der Waals surface area contributed by atoms with Gasteiger partial charge in [0.15, 0.2) is 10.8 Å². The Balaban J connectivity index is 1.57. The van der Waals surface area contributed by atoms with Crippen molar-refractivity contribution in [2.45, 2.75) is 37.0 Å². The highest BCUT2D eigenvalue weighted by Gasteiger charge is 2.36. The first kappa shape index (κ1) is 17.8. The van der Waals surface area contributed by atoms with Gasteiger partial charge < -0.3 is 10.6 Å². The quantitative estimate of drug-likeness (QED) is 0.578. The molecule has 0 radical (unpaired) electrons. The van der Waals surface area contributed by atoms with Crippen LogP contribution in [0.5, 0.6) is 0 Å². The standard InChI is InChI=1S/C18H24N6S2/c1-20-6-5-15(19)14-10-22-17(18-21-7-8-25-18)24-11-12(9-16(14)24)23-26-13-3-2-4-13/h5-8,12-13,23H,2-4,9-11,19H2,1H3. The third kappa shape index (κ3) is 3.58. The van der Waals surface area contributed by atoms with Gasteiger partial charge in [-0.15, -0.1) is 11.3 Å². The van der Waals surface area contributed by atoms with Crippen LogP contribution in [0.25, 0.3) is 0 Å². The van der Waals surface area contributed by atoms with Gasteiger partial charge in [0, 0.05) is 66.1 Å². The third-order valence-electron chi connectivity index (χ3n) is 4.99. The van der Waals surface area contributed by atoms with E-state index in [2.05, 4.69) is 19.6 Å². The second-order valence-electron chi connectivity index (χ2n) is 6.73. The smallest absolute Gasteiger partial charge is 0.165 e. The average molecular weight is 389 g/mol. The Hall–Kier alpha value is -1.64. The molecule has 3 aliphatic rings. The summed E-state index contributed by atoms with van der Waals surface area (Å²) >= 11 is 3.54. The van der Waals surface area contributed by atoms with Crippen LogP contribution in [0.4, 0.5) is 0 Å². The lowest BCUT2D eigenvalue weighted by molar-refractivity contribution is 0.511. The Morgan fingerprint density at radius 1 is 1.50 bits per heavy atom. The summed E-state index contributed by atoms with van der Waals surface area (Å²) in [4.78, 5) is 15.6. The van der Waals surface area contributed by atoms with Gasteiger partial charge in [0.1, 0.15) is 0 Å². The van der Waals surface area contributed by atoms with Crippen molar-refractivity contribution in [1.82, 2.24) is 14.6 Å². The third-order valence-corrected chi connectivity index (χ3v) is 7.03. The van der Waals surface area contributed by atoms with Crippen molar-refractivity contribution >= 4 is 35.3 Å². The molecule has 0 amide bonds. The van der Waals surface area contributed by atoms with Crippen molar-refractivity contribution in [1.29, 1.82) is 0 Å². The predicted octanol–water partition coefficient (Wildman–Crippen LogP) is 2.57. The van der Waals surface area contributed by atoms with Crippen LogP contribution in [0.2, 0.25) is 0 Å². The minimum atomic E-state index is 0.404. The molecule has 3 heterocycles. The number of hydrogen-bond acceptors (Lipinski definition) is 8. The summed E-state index contributed by atoms with van der Waals surface area (Å²) in [6.45, 7) is 1.51. The van der Waals surface area contributed by atoms with Crippen molar-refractivity contribution in [2.24, 2.45) is 15.7 Å². The molecule has 3 N–H and O–H groups in total. The lowest BCUT2D eigenvalue weighted by Gasteiger charge is -2.28. The van der Waals surface area contributed by atoms with Gasteiger partial charge in [0.05, 0.1) is 6.54 Å². The highest BCUT2D eigenvalue weighted by Crippen LogP contribution is 2.35. The molecule has 1 aromatic rings. The Morgan fingerprint density at radius 2 is 2.38 bits per heavy atom. The minimum Gasteiger partial charge on any atom is -0.398 e. The van der Waals surface area contributed by atoms with E-state index in [0.717, 1.165) is 40.3 Å². The zero-order valence-corrected chi connectivity index (χ0v) is 16.5. The van der Waals surface area contributed by atoms with E-state index in [9.17, 15) is 0 Å². The van der Waals surface area contributed by atoms with E-state index >= 15 is 0 Å². The second-order valence-corrected chi connectivity index (χ2v) is 8.76. The zero-order valence-electron chi connectivity index (χ0n) is 14.9. The summed E-state index contributed by atoms with van der Waals surface area (Å²) in [5.74, 6) is 0.980. The molecule has 2 aliphatic heterocycles. The molecule has 6 nitrogen and oxygen atoms in total. The van der Waals surface area contributed by atoms with Gasteiger partial charge in [-0.1, -0.05) is 18.4 Å². The topological polar surface area (TPSA) is 78.9 Å². The molecule has 2 fully saturated rings. The van der Waals surface area contributed by atoms with E-state index in [0.29, 0.717) is 12.6 Å². The first-order chi connectivity index (χ1) is 12.8. The summed E-state index contributed by atoms with van der Waals surface area (Å²) in [5, 5.41) is 3.76. The van der Waals surface area contributed by atoms with Gasteiger partial charge in [-0.2, -0.15) is 0 Å². The molecule has 1 saturated heterocycles. The number of nitrogens with zero attached hydrogens (tertiary/aromatic N) is 4. The number of hydrogen-bond donors (Lipinski definition) is 2. The first-order valence-electron chi connectivity index (χ1n) is 8.99. The van der Waals surface area contributed by atoms with Crippen LogP contribution in [-0.2, 0) is 0 Å². The molecule has 0 aromatic carbocycles. The molecule has 0 bridgehead atoms. The SMILES string of the molecule is CN=CC=C(N)C1=C2CC(NSC3CCC3)CN2C(c2nccs2)=NC1. The van der Waals surface area contributed by atoms with E-state index in [-0.39, 0.29) is 0 Å². The molecule has 26 heavy (non-hydrogen) atoms. The molecule has 1 aliphatic carbocycles. The number of amidine groups is 1. The van der Waals surface area contributed by atoms with Crippen LogP contribution >= 0.6 is 23.3 Å². The lowest BCUT2D eigenvalue weighted by atomic mass is 10.0. The van der Waals surface area contributed by atoms with Crippen LogP contribution < -0.4 is 10.5 Å². The van der Waals surface area contributed by atoms with Crippen molar-refractivity contribution < 1.29 is 0 Å². The molecule has 138 valence electrons. The zero-order chi connectivity index (χ0) is 17.9. The Morgan fingerprint density at radius 3 is 3.08 bits per heavy atom. The Kier molecular flexibility index (Phi) is 5.42. The lowest BCUT2D eigenvalue weighted by Crippen LogP contribution is -2.36. The number of nitrogens with one attached hydrogen (secondary N) is 1. The van der Waals surface area contributed by atoms with Crippen molar-refractivity contribution in [3.8, 4) is 0 Å². The largest absolute Gasteiger partial charge is 0.398 e. The van der Waals surface area contributed by atoms with E-state index in [1.165, 1.54) is 25.0 Å². The van der Waals surface area contributed by atoms with Crippen molar-refractivity contribution in [3.05, 3.63) is 39.6 Å². The average Bonchev–Trinajstić information content (AvgIpc) is 3.27. The number of fused-ring (bicyclic) bond motifs is 1. The maximum absolute atomic E-state index is 6.33. The van der Waals surface area contributed by atoms with Crippen LogP contribution in [-0.4, -0.2) is 53.4 Å². The first-order valence-corrected chi connectivity index (χ1v) is 10.8. The summed E-state index contributed by atoms with van der Waals surface area (Å²) in [5.41, 5.74) is 9.47. The summed E-state index contributed by atoms with van der Waals surface area (Å²) in [6, 6.07) is 0.404. The fourth-order valence-corrected chi connectivity index (χ4v) is 5.12. The second kappa shape index (κ2) is 7.94. The van der Waals surface area contributed by atoms with E-state index in [4.69, 9.17) is 10.7 Å². The highest BCUT2D eigenvalue weighted by molar-refractivity contribution is 7.98. The highest BCUT2D eigenvalue weighted by atomic mass is 32.2. The number of thiazole rings is 1. The van der Waals surface area contributed by atoms with Crippen molar-refractivity contribution in [3.63, 3.8) is 0 Å². The molecular weight excluding hydrogens is 364 g/mol. The fraction of sp³-hybridized carbons (Fsp3) is 0.500. The Bertz CT molecular complexity index is 761. The minimum absolute atomic E-state index is 0.404. The molecule has 1 atom stereocenters. The molecule has 1 aromatic heterocycles. The molecule has 1 saturated carbocycles. The van der Waals surface area contributed by atoms with Gasteiger partial charge in [-0.3, -0.25) is 14.7 Å². The van der Waals surface area contributed by atoms with Gasteiger partial charge >= 0.3 is 0 Å². The normalized spacial score (nSPS) is 24.2. The number of aliphatic imine (C=N–C) groups is 2. The van der Waals surface area contributed by atoms with Crippen LogP contribution in [0, 0.1) is 0 Å².